The van der Waals surface area contributed by atoms with Crippen LogP contribution in [0.5, 0.6) is 0 Å². The van der Waals surface area contributed by atoms with Gasteiger partial charge in [0.2, 0.25) is 0 Å². The van der Waals surface area contributed by atoms with Gasteiger partial charge in [0.1, 0.15) is 12.4 Å². The van der Waals surface area contributed by atoms with Gasteiger partial charge in [-0.1, -0.05) is 27.2 Å². The zero-order valence-electron chi connectivity index (χ0n) is 17.3. The Hall–Kier alpha value is -1.63. The second kappa shape index (κ2) is 9.35. The van der Waals surface area contributed by atoms with Crippen LogP contribution >= 0.6 is 0 Å². The minimum absolute atomic E-state index is 0.184. The molecule has 1 aromatic heterocycles. The van der Waals surface area contributed by atoms with Crippen LogP contribution in [0.4, 0.5) is 0 Å². The number of aromatic nitrogens is 3. The standard InChI is InChI=1S/C19H36N6O/c1-7-10-11-20-18(21-13-17-24-23-14(4)25(17)5)22-15-12-16(26-6)19(15,8-2)9-3/h15-16H,7-13H2,1-6H3,(H2,20,21,22). The normalized spacial score (nSPS) is 22.2. The summed E-state index contributed by atoms with van der Waals surface area (Å²) in [6.07, 6.45) is 5.84. The van der Waals surface area contributed by atoms with E-state index in [0.29, 0.717) is 18.7 Å². The van der Waals surface area contributed by atoms with Crippen LogP contribution in [-0.2, 0) is 18.3 Å². The van der Waals surface area contributed by atoms with Crippen LogP contribution in [0.1, 0.15) is 64.5 Å². The molecule has 7 heteroatoms. The quantitative estimate of drug-likeness (QED) is 0.400. The Morgan fingerprint density at radius 3 is 2.58 bits per heavy atom. The lowest BCUT2D eigenvalue weighted by Gasteiger charge is -2.55. The van der Waals surface area contributed by atoms with Crippen LogP contribution in [0, 0.1) is 12.3 Å². The van der Waals surface area contributed by atoms with E-state index in [1.165, 1.54) is 0 Å². The lowest BCUT2D eigenvalue weighted by atomic mass is 9.58. The van der Waals surface area contributed by atoms with Gasteiger partial charge in [0.15, 0.2) is 11.8 Å². The van der Waals surface area contributed by atoms with Gasteiger partial charge in [-0.3, -0.25) is 0 Å². The minimum Gasteiger partial charge on any atom is -0.381 e. The second-order valence-corrected chi connectivity index (χ2v) is 7.26. The van der Waals surface area contributed by atoms with Gasteiger partial charge in [-0.2, -0.15) is 0 Å². The number of ether oxygens (including phenoxy) is 1. The van der Waals surface area contributed by atoms with Crippen molar-refractivity contribution >= 4 is 5.96 Å². The van der Waals surface area contributed by atoms with Crippen LogP contribution in [0.25, 0.3) is 0 Å². The zero-order chi connectivity index (χ0) is 19.2. The number of nitrogens with zero attached hydrogens (tertiary/aromatic N) is 4. The van der Waals surface area contributed by atoms with Crippen molar-refractivity contribution in [2.75, 3.05) is 13.7 Å². The zero-order valence-corrected chi connectivity index (χ0v) is 17.3. The SMILES string of the molecule is CCCCNC(=NCc1nnc(C)n1C)NC1CC(OC)C1(CC)CC. The molecule has 1 fully saturated rings. The number of methoxy groups -OCH3 is 1. The van der Waals surface area contributed by atoms with E-state index in [9.17, 15) is 0 Å². The first-order valence-corrected chi connectivity index (χ1v) is 9.94. The molecule has 0 spiro atoms. The Labute approximate surface area is 158 Å². The molecule has 2 unspecified atom stereocenters. The van der Waals surface area contributed by atoms with Gasteiger partial charge in [-0.25, -0.2) is 4.99 Å². The number of unbranched alkanes of at least 4 members (excludes halogenated alkanes) is 1. The van der Waals surface area contributed by atoms with E-state index in [4.69, 9.17) is 9.73 Å². The highest BCUT2D eigenvalue weighted by Crippen LogP contribution is 2.48. The summed E-state index contributed by atoms with van der Waals surface area (Å²) in [5, 5.41) is 15.5. The molecule has 1 aliphatic rings. The lowest BCUT2D eigenvalue weighted by Crippen LogP contribution is -2.65. The molecular formula is C19H36N6O. The second-order valence-electron chi connectivity index (χ2n) is 7.26. The molecule has 2 rings (SSSR count). The van der Waals surface area contributed by atoms with Crippen molar-refractivity contribution in [2.45, 2.75) is 78.5 Å². The number of nitrogens with one attached hydrogen (secondary N) is 2. The molecule has 0 bridgehead atoms. The molecule has 1 aromatic rings. The monoisotopic (exact) mass is 364 g/mol. The maximum Gasteiger partial charge on any atom is 0.191 e. The van der Waals surface area contributed by atoms with Gasteiger partial charge < -0.3 is 19.9 Å². The smallest absolute Gasteiger partial charge is 0.191 e. The first-order chi connectivity index (χ1) is 12.5. The predicted molar refractivity (Wildman–Crippen MR) is 105 cm³/mol. The first-order valence-electron chi connectivity index (χ1n) is 9.94. The summed E-state index contributed by atoms with van der Waals surface area (Å²) in [5.41, 5.74) is 0.184. The van der Waals surface area contributed by atoms with Crippen molar-refractivity contribution in [3.63, 3.8) is 0 Å². The summed E-state index contributed by atoms with van der Waals surface area (Å²) in [6.45, 7) is 10.1. The van der Waals surface area contributed by atoms with Gasteiger partial charge in [0.05, 0.1) is 6.10 Å². The number of hydrogen-bond acceptors (Lipinski definition) is 4. The van der Waals surface area contributed by atoms with Crippen molar-refractivity contribution in [3.05, 3.63) is 11.6 Å². The molecule has 148 valence electrons. The Balaban J connectivity index is 2.09. The highest BCUT2D eigenvalue weighted by atomic mass is 16.5. The molecule has 7 nitrogen and oxygen atoms in total. The molecule has 0 radical (unpaired) electrons. The fourth-order valence-corrected chi connectivity index (χ4v) is 3.92. The average Bonchev–Trinajstić information content (AvgIpc) is 2.95. The van der Waals surface area contributed by atoms with Crippen LogP contribution in [0.2, 0.25) is 0 Å². The van der Waals surface area contributed by atoms with E-state index in [1.807, 2.05) is 25.6 Å². The summed E-state index contributed by atoms with van der Waals surface area (Å²) in [6, 6.07) is 0.386. The Morgan fingerprint density at radius 1 is 1.31 bits per heavy atom. The third-order valence-corrected chi connectivity index (χ3v) is 6.08. The van der Waals surface area contributed by atoms with Gasteiger partial charge in [-0.05, 0) is 32.6 Å². The van der Waals surface area contributed by atoms with Crippen LogP contribution in [-0.4, -0.2) is 46.5 Å². The van der Waals surface area contributed by atoms with E-state index in [-0.39, 0.29) is 5.41 Å². The van der Waals surface area contributed by atoms with Crippen LogP contribution in [0.3, 0.4) is 0 Å². The molecule has 1 aliphatic carbocycles. The number of rotatable bonds is 9. The fraction of sp³-hybridized carbons (Fsp3) is 0.842. The summed E-state index contributed by atoms with van der Waals surface area (Å²) in [7, 11) is 3.80. The van der Waals surface area contributed by atoms with E-state index < -0.39 is 0 Å². The summed E-state index contributed by atoms with van der Waals surface area (Å²) >= 11 is 0. The van der Waals surface area contributed by atoms with Crippen molar-refractivity contribution in [2.24, 2.45) is 17.5 Å². The Kier molecular flexibility index (Phi) is 7.43. The van der Waals surface area contributed by atoms with Gasteiger partial charge in [-0.15, -0.1) is 10.2 Å². The highest BCUT2D eigenvalue weighted by Gasteiger charge is 2.53. The molecule has 1 heterocycles. The number of guanidine groups is 1. The third-order valence-electron chi connectivity index (χ3n) is 6.08. The van der Waals surface area contributed by atoms with Gasteiger partial charge >= 0.3 is 0 Å². The molecule has 0 amide bonds. The molecule has 2 N–H and O–H groups in total. The highest BCUT2D eigenvalue weighted by molar-refractivity contribution is 5.80. The van der Waals surface area contributed by atoms with Gasteiger partial charge in [0, 0.05) is 32.2 Å². The molecule has 26 heavy (non-hydrogen) atoms. The van der Waals surface area contributed by atoms with E-state index in [0.717, 1.165) is 56.3 Å². The molecule has 0 aromatic carbocycles. The molecule has 0 saturated heterocycles. The van der Waals surface area contributed by atoms with Crippen LogP contribution < -0.4 is 10.6 Å². The largest absolute Gasteiger partial charge is 0.381 e. The maximum absolute atomic E-state index is 5.72. The van der Waals surface area contributed by atoms with Crippen LogP contribution in [0.15, 0.2) is 4.99 Å². The van der Waals surface area contributed by atoms with Crippen molar-refractivity contribution < 1.29 is 4.74 Å². The molecular weight excluding hydrogens is 328 g/mol. The third kappa shape index (κ3) is 4.19. The lowest BCUT2D eigenvalue weighted by molar-refractivity contribution is -0.118. The Morgan fingerprint density at radius 2 is 2.04 bits per heavy atom. The van der Waals surface area contributed by atoms with Crippen molar-refractivity contribution in [1.82, 2.24) is 25.4 Å². The number of hydrogen-bond donors (Lipinski definition) is 2. The number of aliphatic imine (C=N–C) groups is 1. The minimum atomic E-state index is 0.184. The topological polar surface area (TPSA) is 76.4 Å². The molecule has 1 saturated carbocycles. The maximum atomic E-state index is 5.72. The summed E-state index contributed by atoms with van der Waals surface area (Å²) in [4.78, 5) is 4.78. The van der Waals surface area contributed by atoms with Crippen molar-refractivity contribution in [1.29, 1.82) is 0 Å². The molecule has 0 aliphatic heterocycles. The van der Waals surface area contributed by atoms with E-state index in [1.54, 1.807) is 0 Å². The fourth-order valence-electron chi connectivity index (χ4n) is 3.92. The summed E-state index contributed by atoms with van der Waals surface area (Å²) < 4.78 is 7.71. The number of aryl methyl sites for hydroxylation is 1. The average molecular weight is 365 g/mol. The predicted octanol–water partition coefficient (Wildman–Crippen LogP) is 2.55. The first kappa shape index (κ1) is 20.7. The van der Waals surface area contributed by atoms with Gasteiger partial charge in [0.25, 0.3) is 0 Å². The van der Waals surface area contributed by atoms with Crippen molar-refractivity contribution in [3.8, 4) is 0 Å². The van der Waals surface area contributed by atoms with E-state index >= 15 is 0 Å². The Bertz CT molecular complexity index is 593. The molecule has 2 atom stereocenters. The summed E-state index contributed by atoms with van der Waals surface area (Å²) in [5.74, 6) is 2.64. The van der Waals surface area contributed by atoms with E-state index in [2.05, 4.69) is 41.6 Å².